The van der Waals surface area contributed by atoms with Crippen molar-refractivity contribution in [1.29, 1.82) is 0 Å². The summed E-state index contributed by atoms with van der Waals surface area (Å²) in [5.74, 6) is -1.73. The van der Waals surface area contributed by atoms with Gasteiger partial charge in [0.25, 0.3) is 0 Å². The minimum atomic E-state index is -1.23. The Kier molecular flexibility index (Phi) is 4.16. The zero-order chi connectivity index (χ0) is 13.8. The minimum Gasteiger partial charge on any atom is -0.488 e. The molecule has 0 fully saturated rings. The van der Waals surface area contributed by atoms with Crippen LogP contribution in [-0.4, -0.2) is 11.1 Å². The van der Waals surface area contributed by atoms with Crippen molar-refractivity contribution in [1.82, 2.24) is 0 Å². The van der Waals surface area contributed by atoms with Gasteiger partial charge in [-0.1, -0.05) is 30.3 Å². The summed E-state index contributed by atoms with van der Waals surface area (Å²) < 4.78 is 18.9. The lowest BCUT2D eigenvalue weighted by atomic mass is 10.2. The maximum absolute atomic E-state index is 13.3. The lowest BCUT2D eigenvalue weighted by molar-refractivity contribution is 0.0691. The summed E-state index contributed by atoms with van der Waals surface area (Å²) in [7, 11) is 0. The fourth-order valence-corrected chi connectivity index (χ4v) is 1.87. The van der Waals surface area contributed by atoms with Crippen molar-refractivity contribution in [2.24, 2.45) is 0 Å². The number of aromatic carboxylic acids is 1. The van der Waals surface area contributed by atoms with Crippen molar-refractivity contribution < 1.29 is 19.0 Å². The molecule has 0 aliphatic rings. The Hall–Kier alpha value is -1.88. The first-order valence-electron chi connectivity index (χ1n) is 5.47. The molecule has 0 saturated carbocycles. The van der Waals surface area contributed by atoms with Crippen molar-refractivity contribution in [3.63, 3.8) is 0 Å². The van der Waals surface area contributed by atoms with Crippen LogP contribution in [0.15, 0.2) is 46.9 Å². The van der Waals surface area contributed by atoms with Gasteiger partial charge in [-0.25, -0.2) is 9.18 Å². The Morgan fingerprint density at radius 1 is 1.26 bits per heavy atom. The van der Waals surface area contributed by atoms with E-state index in [4.69, 9.17) is 9.84 Å². The molecule has 0 heterocycles. The van der Waals surface area contributed by atoms with Gasteiger partial charge in [0.2, 0.25) is 0 Å². The van der Waals surface area contributed by atoms with E-state index in [0.29, 0.717) is 0 Å². The second-order valence-corrected chi connectivity index (χ2v) is 4.70. The third-order valence-electron chi connectivity index (χ3n) is 2.49. The summed E-state index contributed by atoms with van der Waals surface area (Å²) in [5, 5.41) is 9.02. The number of halogens is 2. The molecule has 2 aromatic carbocycles. The number of carboxylic acid groups (broad SMARTS) is 1. The Labute approximate surface area is 117 Å². The third kappa shape index (κ3) is 3.32. The molecular formula is C14H10BrFO3. The van der Waals surface area contributed by atoms with Crippen LogP contribution in [0.2, 0.25) is 0 Å². The summed E-state index contributed by atoms with van der Waals surface area (Å²) in [4.78, 5) is 11.0. The zero-order valence-electron chi connectivity index (χ0n) is 9.77. The maximum Gasteiger partial charge on any atom is 0.339 e. The number of hydrogen-bond acceptors (Lipinski definition) is 2. The second kappa shape index (κ2) is 5.84. The first-order valence-corrected chi connectivity index (χ1v) is 6.26. The van der Waals surface area contributed by atoms with Crippen molar-refractivity contribution >= 4 is 21.9 Å². The van der Waals surface area contributed by atoms with Crippen LogP contribution < -0.4 is 4.74 Å². The molecule has 3 nitrogen and oxygen atoms in total. The number of hydrogen-bond donors (Lipinski definition) is 1. The van der Waals surface area contributed by atoms with Crippen LogP contribution in [0, 0.1) is 5.82 Å². The highest BCUT2D eigenvalue weighted by Gasteiger charge is 2.15. The van der Waals surface area contributed by atoms with Crippen LogP contribution in [0.4, 0.5) is 4.39 Å². The molecule has 0 aliphatic heterocycles. The van der Waals surface area contributed by atoms with Crippen LogP contribution >= 0.6 is 15.9 Å². The second-order valence-electron chi connectivity index (χ2n) is 3.84. The van der Waals surface area contributed by atoms with Gasteiger partial charge in [-0.15, -0.1) is 0 Å². The molecule has 19 heavy (non-hydrogen) atoms. The molecule has 0 amide bonds. The number of carboxylic acids is 1. The van der Waals surface area contributed by atoms with E-state index in [9.17, 15) is 9.18 Å². The van der Waals surface area contributed by atoms with Gasteiger partial charge in [-0.05, 0) is 33.6 Å². The van der Waals surface area contributed by atoms with Gasteiger partial charge < -0.3 is 9.84 Å². The summed E-state index contributed by atoms with van der Waals surface area (Å²) in [6.07, 6.45) is 0. The molecule has 0 unspecified atom stereocenters. The Balaban J connectivity index is 2.24. The van der Waals surface area contributed by atoms with Crippen LogP contribution in [0.1, 0.15) is 15.9 Å². The summed E-state index contributed by atoms with van der Waals surface area (Å²) >= 11 is 3.01. The van der Waals surface area contributed by atoms with Crippen LogP contribution in [-0.2, 0) is 6.61 Å². The molecule has 0 spiro atoms. The number of rotatable bonds is 4. The van der Waals surface area contributed by atoms with E-state index >= 15 is 0 Å². The van der Waals surface area contributed by atoms with Crippen molar-refractivity contribution in [2.75, 3.05) is 0 Å². The van der Waals surface area contributed by atoms with E-state index in [2.05, 4.69) is 15.9 Å². The van der Waals surface area contributed by atoms with Crippen LogP contribution in [0.25, 0.3) is 0 Å². The quantitative estimate of drug-likeness (QED) is 0.928. The highest BCUT2D eigenvalue weighted by atomic mass is 79.9. The summed E-state index contributed by atoms with van der Waals surface area (Å²) in [6, 6.07) is 11.6. The van der Waals surface area contributed by atoms with Crippen molar-refractivity contribution in [3.8, 4) is 5.75 Å². The molecule has 0 aromatic heterocycles. The number of ether oxygens (including phenoxy) is 1. The van der Waals surface area contributed by atoms with E-state index in [1.165, 1.54) is 6.07 Å². The fraction of sp³-hybridized carbons (Fsp3) is 0.0714. The average Bonchev–Trinajstić information content (AvgIpc) is 2.40. The fourth-order valence-electron chi connectivity index (χ4n) is 1.55. The largest absolute Gasteiger partial charge is 0.488 e. The van der Waals surface area contributed by atoms with E-state index in [0.717, 1.165) is 11.6 Å². The number of benzene rings is 2. The van der Waals surface area contributed by atoms with Gasteiger partial charge in [-0.2, -0.15) is 0 Å². The molecule has 2 aromatic rings. The van der Waals surface area contributed by atoms with Gasteiger partial charge in [0.1, 0.15) is 23.7 Å². The molecule has 0 saturated heterocycles. The first-order chi connectivity index (χ1) is 9.08. The van der Waals surface area contributed by atoms with Crippen molar-refractivity contribution in [3.05, 3.63) is 63.9 Å². The molecule has 0 radical (unpaired) electrons. The van der Waals surface area contributed by atoms with Gasteiger partial charge in [-0.3, -0.25) is 0 Å². The summed E-state index contributed by atoms with van der Waals surface area (Å²) in [5.41, 5.74) is 0.705. The Morgan fingerprint density at radius 3 is 2.58 bits per heavy atom. The lowest BCUT2D eigenvalue weighted by Gasteiger charge is -2.10. The average molecular weight is 325 g/mol. The summed E-state index contributed by atoms with van der Waals surface area (Å²) in [6.45, 7) is 0.221. The number of carbonyl (C=O) groups is 1. The molecular weight excluding hydrogens is 315 g/mol. The SMILES string of the molecule is O=C(O)c1cc(F)c(Br)cc1OCc1ccccc1. The predicted molar refractivity (Wildman–Crippen MR) is 71.8 cm³/mol. The van der Waals surface area contributed by atoms with Gasteiger partial charge in [0.05, 0.1) is 4.47 Å². The highest BCUT2D eigenvalue weighted by Crippen LogP contribution is 2.27. The first kappa shape index (κ1) is 13.5. The third-order valence-corrected chi connectivity index (χ3v) is 3.10. The van der Waals surface area contributed by atoms with E-state index in [1.807, 2.05) is 30.3 Å². The molecule has 1 N–H and O–H groups in total. The molecule has 0 bridgehead atoms. The molecule has 98 valence electrons. The van der Waals surface area contributed by atoms with Crippen LogP contribution in [0.3, 0.4) is 0 Å². The van der Waals surface area contributed by atoms with Gasteiger partial charge in [0, 0.05) is 0 Å². The minimum absolute atomic E-state index is 0.129. The monoisotopic (exact) mass is 324 g/mol. The lowest BCUT2D eigenvalue weighted by Crippen LogP contribution is -2.04. The topological polar surface area (TPSA) is 46.5 Å². The van der Waals surface area contributed by atoms with Gasteiger partial charge in [0.15, 0.2) is 0 Å². The normalized spacial score (nSPS) is 10.2. The predicted octanol–water partition coefficient (Wildman–Crippen LogP) is 3.87. The molecule has 2 rings (SSSR count). The Bertz CT molecular complexity index is 599. The van der Waals surface area contributed by atoms with E-state index in [1.54, 1.807) is 0 Å². The standard InChI is InChI=1S/C14H10BrFO3/c15-11-7-13(10(14(17)18)6-12(11)16)19-8-9-4-2-1-3-5-9/h1-7H,8H2,(H,17,18). The van der Waals surface area contributed by atoms with Gasteiger partial charge >= 0.3 is 5.97 Å². The smallest absolute Gasteiger partial charge is 0.339 e. The molecule has 0 aliphatic carbocycles. The maximum atomic E-state index is 13.3. The van der Waals surface area contributed by atoms with E-state index < -0.39 is 11.8 Å². The van der Waals surface area contributed by atoms with E-state index in [-0.39, 0.29) is 22.4 Å². The molecule has 5 heteroatoms. The highest BCUT2D eigenvalue weighted by molar-refractivity contribution is 9.10. The zero-order valence-corrected chi connectivity index (χ0v) is 11.4. The Morgan fingerprint density at radius 2 is 1.95 bits per heavy atom. The van der Waals surface area contributed by atoms with Crippen LogP contribution in [0.5, 0.6) is 5.75 Å². The molecule has 0 atom stereocenters. The van der Waals surface area contributed by atoms with Crippen molar-refractivity contribution in [2.45, 2.75) is 6.61 Å².